The van der Waals surface area contributed by atoms with Gasteiger partial charge in [-0.2, -0.15) is 0 Å². The Bertz CT molecular complexity index is 430. The minimum absolute atomic E-state index is 0.283. The van der Waals surface area contributed by atoms with E-state index in [0.29, 0.717) is 18.5 Å². The zero-order valence-electron chi connectivity index (χ0n) is 8.37. The number of rotatable bonds is 2. The molecule has 0 amide bonds. The Kier molecular flexibility index (Phi) is 4.21. The third-order valence-corrected chi connectivity index (χ3v) is 1.67. The smallest absolute Gasteiger partial charge is 0.124 e. The number of halogens is 1. The SMILES string of the molecule is Cc1cc(F)cc(C#CCCN=[N+]=[N-])c1. The highest BCUT2D eigenvalue weighted by Gasteiger charge is 1.93. The van der Waals surface area contributed by atoms with Crippen molar-refractivity contribution in [1.82, 2.24) is 0 Å². The molecule has 0 aliphatic rings. The molecule has 0 unspecified atom stereocenters. The molecule has 0 heterocycles. The minimum atomic E-state index is -0.283. The number of hydrogen-bond donors (Lipinski definition) is 0. The van der Waals surface area contributed by atoms with Crippen molar-refractivity contribution in [3.63, 3.8) is 0 Å². The van der Waals surface area contributed by atoms with Gasteiger partial charge in [0.1, 0.15) is 5.82 Å². The minimum Gasteiger partial charge on any atom is -0.207 e. The third kappa shape index (κ3) is 4.17. The van der Waals surface area contributed by atoms with E-state index in [1.54, 1.807) is 0 Å². The molecule has 1 aromatic rings. The van der Waals surface area contributed by atoms with Gasteiger partial charge in [0.25, 0.3) is 0 Å². The van der Waals surface area contributed by atoms with E-state index in [2.05, 4.69) is 21.9 Å². The van der Waals surface area contributed by atoms with E-state index in [1.807, 2.05) is 13.0 Å². The monoisotopic (exact) mass is 203 g/mol. The normalized spacial score (nSPS) is 8.67. The van der Waals surface area contributed by atoms with Crippen molar-refractivity contribution in [3.05, 3.63) is 45.6 Å². The Labute approximate surface area is 87.6 Å². The van der Waals surface area contributed by atoms with Gasteiger partial charge in [-0.05, 0) is 36.2 Å². The molecule has 1 aromatic carbocycles. The quantitative estimate of drug-likeness (QED) is 0.233. The first-order chi connectivity index (χ1) is 7.22. The molecular weight excluding hydrogens is 193 g/mol. The van der Waals surface area contributed by atoms with Crippen LogP contribution < -0.4 is 0 Å². The zero-order valence-corrected chi connectivity index (χ0v) is 8.37. The molecular formula is C11H10FN3. The van der Waals surface area contributed by atoms with E-state index in [4.69, 9.17) is 5.53 Å². The van der Waals surface area contributed by atoms with E-state index in [9.17, 15) is 4.39 Å². The van der Waals surface area contributed by atoms with Gasteiger partial charge in [0.2, 0.25) is 0 Å². The Balaban J connectivity index is 2.67. The fourth-order valence-electron chi connectivity index (χ4n) is 1.12. The molecule has 4 heteroatoms. The summed E-state index contributed by atoms with van der Waals surface area (Å²) in [6.45, 7) is 2.16. The predicted octanol–water partition coefficient (Wildman–Crippen LogP) is 3.19. The second-order valence-corrected chi connectivity index (χ2v) is 3.02. The van der Waals surface area contributed by atoms with Crippen molar-refractivity contribution in [1.29, 1.82) is 0 Å². The molecule has 0 bridgehead atoms. The highest BCUT2D eigenvalue weighted by Crippen LogP contribution is 2.06. The topological polar surface area (TPSA) is 48.8 Å². The van der Waals surface area contributed by atoms with Gasteiger partial charge in [0.15, 0.2) is 0 Å². The molecule has 0 saturated heterocycles. The van der Waals surface area contributed by atoms with Crippen LogP contribution in [-0.2, 0) is 0 Å². The summed E-state index contributed by atoms with van der Waals surface area (Å²) in [5, 5.41) is 3.34. The highest BCUT2D eigenvalue weighted by atomic mass is 19.1. The molecule has 1 rings (SSSR count). The Morgan fingerprint density at radius 2 is 2.27 bits per heavy atom. The van der Waals surface area contributed by atoms with Crippen molar-refractivity contribution < 1.29 is 4.39 Å². The van der Waals surface area contributed by atoms with Crippen LogP contribution in [0.1, 0.15) is 17.5 Å². The lowest BCUT2D eigenvalue weighted by Gasteiger charge is -1.94. The second-order valence-electron chi connectivity index (χ2n) is 3.02. The first-order valence-electron chi connectivity index (χ1n) is 4.49. The molecule has 0 fully saturated rings. The van der Waals surface area contributed by atoms with Crippen LogP contribution in [0.15, 0.2) is 23.3 Å². The molecule has 0 radical (unpaired) electrons. The van der Waals surface area contributed by atoms with Gasteiger partial charge in [-0.1, -0.05) is 17.0 Å². The first kappa shape index (κ1) is 11.1. The van der Waals surface area contributed by atoms with Crippen LogP contribution in [0.2, 0.25) is 0 Å². The molecule has 3 nitrogen and oxygen atoms in total. The zero-order chi connectivity index (χ0) is 11.1. The number of nitrogens with zero attached hydrogens (tertiary/aromatic N) is 3. The summed E-state index contributed by atoms with van der Waals surface area (Å²) in [5.41, 5.74) is 9.50. The molecule has 15 heavy (non-hydrogen) atoms. The van der Waals surface area contributed by atoms with Gasteiger partial charge in [-0.15, -0.1) is 0 Å². The molecule has 0 atom stereocenters. The maximum atomic E-state index is 12.9. The number of hydrogen-bond acceptors (Lipinski definition) is 1. The second kappa shape index (κ2) is 5.69. The summed E-state index contributed by atoms with van der Waals surface area (Å²) in [7, 11) is 0. The summed E-state index contributed by atoms with van der Waals surface area (Å²) in [6.07, 6.45) is 0.486. The molecule has 0 aliphatic carbocycles. The van der Waals surface area contributed by atoms with Crippen LogP contribution in [-0.4, -0.2) is 6.54 Å². The number of benzene rings is 1. The highest BCUT2D eigenvalue weighted by molar-refractivity contribution is 5.37. The third-order valence-electron chi connectivity index (χ3n) is 1.67. The fourth-order valence-corrected chi connectivity index (χ4v) is 1.12. The average molecular weight is 203 g/mol. The van der Waals surface area contributed by atoms with E-state index < -0.39 is 0 Å². The van der Waals surface area contributed by atoms with Gasteiger partial charge in [0, 0.05) is 23.4 Å². The van der Waals surface area contributed by atoms with Gasteiger partial charge in [-0.3, -0.25) is 0 Å². The van der Waals surface area contributed by atoms with Crippen molar-refractivity contribution in [3.8, 4) is 11.8 Å². The van der Waals surface area contributed by atoms with Crippen molar-refractivity contribution in [2.45, 2.75) is 13.3 Å². The van der Waals surface area contributed by atoms with E-state index in [-0.39, 0.29) is 5.82 Å². The van der Waals surface area contributed by atoms with Crippen LogP contribution in [0.3, 0.4) is 0 Å². The maximum absolute atomic E-state index is 12.9. The molecule has 0 spiro atoms. The predicted molar refractivity (Wildman–Crippen MR) is 56.6 cm³/mol. The Morgan fingerprint density at radius 1 is 1.47 bits per heavy atom. The molecule has 76 valence electrons. The molecule has 0 N–H and O–H groups in total. The van der Waals surface area contributed by atoms with Gasteiger partial charge >= 0.3 is 0 Å². The van der Waals surface area contributed by atoms with Crippen LogP contribution in [0.5, 0.6) is 0 Å². The lowest BCUT2D eigenvalue weighted by atomic mass is 10.1. The maximum Gasteiger partial charge on any atom is 0.124 e. The number of azide groups is 1. The summed E-state index contributed by atoms with van der Waals surface area (Å²) in [6, 6.07) is 4.64. The van der Waals surface area contributed by atoms with Crippen molar-refractivity contribution >= 4 is 0 Å². The van der Waals surface area contributed by atoms with E-state index in [1.165, 1.54) is 12.1 Å². The number of aryl methyl sites for hydroxylation is 1. The molecule has 0 saturated carbocycles. The largest absolute Gasteiger partial charge is 0.207 e. The first-order valence-corrected chi connectivity index (χ1v) is 4.49. The summed E-state index contributed by atoms with van der Waals surface area (Å²) in [5.74, 6) is 5.34. The standard InChI is InChI=1S/C11H10FN3/c1-9-6-10(8-11(12)7-9)4-2-3-5-14-15-13/h6-8H,3,5H2,1H3. The summed E-state index contributed by atoms with van der Waals surface area (Å²) < 4.78 is 12.9. The summed E-state index contributed by atoms with van der Waals surface area (Å²) in [4.78, 5) is 2.61. The Hall–Kier alpha value is -1.98. The van der Waals surface area contributed by atoms with Crippen molar-refractivity contribution in [2.24, 2.45) is 5.11 Å². The fraction of sp³-hybridized carbons (Fsp3) is 0.273. The summed E-state index contributed by atoms with van der Waals surface area (Å²) >= 11 is 0. The average Bonchev–Trinajstić information content (AvgIpc) is 2.16. The molecule has 0 aromatic heterocycles. The molecule has 0 aliphatic heterocycles. The van der Waals surface area contributed by atoms with Gasteiger partial charge in [0.05, 0.1) is 0 Å². The van der Waals surface area contributed by atoms with Crippen LogP contribution in [0, 0.1) is 24.6 Å². The lowest BCUT2D eigenvalue weighted by Crippen LogP contribution is -1.82. The van der Waals surface area contributed by atoms with Crippen LogP contribution >= 0.6 is 0 Å². The van der Waals surface area contributed by atoms with Gasteiger partial charge in [-0.25, -0.2) is 4.39 Å². The van der Waals surface area contributed by atoms with Crippen LogP contribution in [0.4, 0.5) is 4.39 Å². The van der Waals surface area contributed by atoms with Crippen LogP contribution in [0.25, 0.3) is 10.4 Å². The Morgan fingerprint density at radius 3 is 2.93 bits per heavy atom. The lowest BCUT2D eigenvalue weighted by molar-refractivity contribution is 0.626. The van der Waals surface area contributed by atoms with Gasteiger partial charge < -0.3 is 0 Å². The van der Waals surface area contributed by atoms with Crippen molar-refractivity contribution in [2.75, 3.05) is 6.54 Å². The van der Waals surface area contributed by atoms with E-state index in [0.717, 1.165) is 5.56 Å². The van der Waals surface area contributed by atoms with E-state index >= 15 is 0 Å².